The maximum Gasteiger partial charge on any atom is 0.354 e. The molecule has 68 valence electrons. The minimum Gasteiger partial charge on any atom is -0.477 e. The van der Waals surface area contributed by atoms with Crippen LogP contribution in [0.15, 0.2) is 16.7 Å². The van der Waals surface area contributed by atoms with E-state index in [0.29, 0.717) is 10.5 Å². The smallest absolute Gasteiger partial charge is 0.354 e. The lowest BCUT2D eigenvalue weighted by molar-refractivity contribution is 0.0690. The van der Waals surface area contributed by atoms with Gasteiger partial charge in [0.15, 0.2) is 0 Å². The number of aromatic nitrogens is 1. The zero-order valence-electron chi connectivity index (χ0n) is 6.83. The average Bonchev–Trinajstić information content (AvgIpc) is 2.87. The van der Waals surface area contributed by atoms with Crippen LogP contribution in [-0.4, -0.2) is 16.1 Å². The van der Waals surface area contributed by atoms with Gasteiger partial charge in [0.1, 0.15) is 10.3 Å². The normalized spacial score (nSPS) is 15.8. The number of rotatable bonds is 2. The van der Waals surface area contributed by atoms with Crippen LogP contribution in [0.2, 0.25) is 0 Å². The van der Waals surface area contributed by atoms with Gasteiger partial charge < -0.3 is 5.11 Å². The molecule has 3 nitrogen and oxygen atoms in total. The maximum absolute atomic E-state index is 10.6. The second-order valence-electron chi connectivity index (χ2n) is 3.16. The highest BCUT2D eigenvalue weighted by Gasteiger charge is 2.26. The lowest BCUT2D eigenvalue weighted by Gasteiger charge is -2.01. The number of halogens is 1. The lowest BCUT2D eigenvalue weighted by atomic mass is 10.2. The molecular weight excluding hydrogens is 234 g/mol. The summed E-state index contributed by atoms with van der Waals surface area (Å²) >= 11 is 3.28. The zero-order valence-corrected chi connectivity index (χ0v) is 8.41. The van der Waals surface area contributed by atoms with Crippen molar-refractivity contribution in [3.8, 4) is 0 Å². The highest BCUT2D eigenvalue weighted by atomic mass is 79.9. The van der Waals surface area contributed by atoms with Crippen LogP contribution in [0.3, 0.4) is 0 Å². The van der Waals surface area contributed by atoms with Crippen molar-refractivity contribution in [3.63, 3.8) is 0 Å². The van der Waals surface area contributed by atoms with Gasteiger partial charge in [0, 0.05) is 0 Å². The van der Waals surface area contributed by atoms with Gasteiger partial charge in [-0.1, -0.05) is 6.07 Å². The number of pyridine rings is 1. The van der Waals surface area contributed by atoms with E-state index < -0.39 is 5.97 Å². The van der Waals surface area contributed by atoms with Crippen LogP contribution < -0.4 is 0 Å². The van der Waals surface area contributed by atoms with Gasteiger partial charge in [-0.15, -0.1) is 0 Å². The molecule has 1 aliphatic rings. The summed E-state index contributed by atoms with van der Waals surface area (Å²) in [5, 5.41) is 8.67. The molecular formula is C9H8BrNO2. The van der Waals surface area contributed by atoms with Gasteiger partial charge in [-0.2, -0.15) is 0 Å². The van der Waals surface area contributed by atoms with Crippen molar-refractivity contribution >= 4 is 21.9 Å². The van der Waals surface area contributed by atoms with E-state index in [9.17, 15) is 4.79 Å². The first kappa shape index (κ1) is 8.69. The maximum atomic E-state index is 10.6. The SMILES string of the molecule is O=C(O)c1ccc(C2CC2)c(Br)n1. The molecule has 0 spiro atoms. The van der Waals surface area contributed by atoms with E-state index in [1.807, 2.05) is 6.07 Å². The first-order chi connectivity index (χ1) is 6.18. The van der Waals surface area contributed by atoms with E-state index in [4.69, 9.17) is 5.11 Å². The molecule has 4 heteroatoms. The summed E-state index contributed by atoms with van der Waals surface area (Å²) in [6.45, 7) is 0. The average molecular weight is 242 g/mol. The number of carbonyl (C=O) groups is 1. The molecule has 1 aromatic heterocycles. The zero-order chi connectivity index (χ0) is 9.42. The molecule has 0 aliphatic heterocycles. The van der Waals surface area contributed by atoms with Crippen LogP contribution in [-0.2, 0) is 0 Å². The van der Waals surface area contributed by atoms with Crippen LogP contribution in [0.4, 0.5) is 0 Å². The molecule has 0 atom stereocenters. The van der Waals surface area contributed by atoms with Crippen molar-refractivity contribution in [1.29, 1.82) is 0 Å². The Hall–Kier alpha value is -0.900. The molecule has 1 heterocycles. The Morgan fingerprint density at radius 2 is 2.23 bits per heavy atom. The molecule has 0 saturated heterocycles. The molecule has 0 radical (unpaired) electrons. The highest BCUT2D eigenvalue weighted by molar-refractivity contribution is 9.10. The van der Waals surface area contributed by atoms with E-state index >= 15 is 0 Å². The minimum absolute atomic E-state index is 0.0938. The number of nitrogens with zero attached hydrogens (tertiary/aromatic N) is 1. The molecule has 1 aromatic rings. The van der Waals surface area contributed by atoms with E-state index in [-0.39, 0.29) is 5.69 Å². The molecule has 1 fully saturated rings. The number of hydrogen-bond donors (Lipinski definition) is 1. The van der Waals surface area contributed by atoms with E-state index in [1.54, 1.807) is 6.07 Å². The number of carboxylic acids is 1. The number of hydrogen-bond acceptors (Lipinski definition) is 2. The Morgan fingerprint density at radius 3 is 2.69 bits per heavy atom. The summed E-state index contributed by atoms with van der Waals surface area (Å²) in [6, 6.07) is 3.40. The van der Waals surface area contributed by atoms with Crippen molar-refractivity contribution in [3.05, 3.63) is 28.0 Å². The first-order valence-electron chi connectivity index (χ1n) is 4.08. The quantitative estimate of drug-likeness (QED) is 0.810. The van der Waals surface area contributed by atoms with Crippen molar-refractivity contribution in [2.75, 3.05) is 0 Å². The third-order valence-corrected chi connectivity index (χ3v) is 2.75. The van der Waals surface area contributed by atoms with Crippen molar-refractivity contribution in [2.24, 2.45) is 0 Å². The van der Waals surface area contributed by atoms with Crippen molar-refractivity contribution < 1.29 is 9.90 Å². The summed E-state index contributed by atoms with van der Waals surface area (Å²) in [5.41, 5.74) is 1.22. The van der Waals surface area contributed by atoms with Crippen LogP contribution in [0.1, 0.15) is 34.8 Å². The largest absolute Gasteiger partial charge is 0.477 e. The first-order valence-corrected chi connectivity index (χ1v) is 4.87. The number of aromatic carboxylic acids is 1. The molecule has 0 unspecified atom stereocenters. The van der Waals surface area contributed by atoms with Gasteiger partial charge in [-0.05, 0) is 46.3 Å². The fourth-order valence-corrected chi connectivity index (χ4v) is 1.91. The monoisotopic (exact) mass is 241 g/mol. The second kappa shape index (κ2) is 3.10. The second-order valence-corrected chi connectivity index (χ2v) is 3.91. The minimum atomic E-state index is -0.983. The molecule has 13 heavy (non-hydrogen) atoms. The highest BCUT2D eigenvalue weighted by Crippen LogP contribution is 2.42. The molecule has 1 saturated carbocycles. The summed E-state index contributed by atoms with van der Waals surface area (Å²) in [7, 11) is 0. The standard InChI is InChI=1S/C9H8BrNO2/c10-8-6(5-1-2-5)3-4-7(11-8)9(12)13/h3-5H,1-2H2,(H,12,13). The molecule has 0 amide bonds. The summed E-state index contributed by atoms with van der Waals surface area (Å²) in [6.07, 6.45) is 2.37. The molecule has 0 aromatic carbocycles. The van der Waals surface area contributed by atoms with Gasteiger partial charge in [0.05, 0.1) is 0 Å². The van der Waals surface area contributed by atoms with Crippen LogP contribution in [0, 0.1) is 0 Å². The van der Waals surface area contributed by atoms with E-state index in [2.05, 4.69) is 20.9 Å². The summed E-state index contributed by atoms with van der Waals surface area (Å²) in [5.74, 6) is -0.396. The predicted octanol–water partition coefficient (Wildman–Crippen LogP) is 2.42. The fraction of sp³-hybridized carbons (Fsp3) is 0.333. The van der Waals surface area contributed by atoms with E-state index in [0.717, 1.165) is 5.56 Å². The summed E-state index contributed by atoms with van der Waals surface area (Å²) < 4.78 is 0.676. The molecule has 0 bridgehead atoms. The Bertz CT molecular complexity index is 361. The Kier molecular flexibility index (Phi) is 2.07. The predicted molar refractivity (Wildman–Crippen MR) is 50.9 cm³/mol. The van der Waals surface area contributed by atoms with Gasteiger partial charge >= 0.3 is 5.97 Å². The molecule has 1 N–H and O–H groups in total. The lowest BCUT2D eigenvalue weighted by Crippen LogP contribution is -2.01. The summed E-state index contributed by atoms with van der Waals surface area (Å²) in [4.78, 5) is 14.5. The van der Waals surface area contributed by atoms with Crippen molar-refractivity contribution in [1.82, 2.24) is 4.98 Å². The van der Waals surface area contributed by atoms with E-state index in [1.165, 1.54) is 12.8 Å². The third-order valence-electron chi connectivity index (χ3n) is 2.11. The van der Waals surface area contributed by atoms with Crippen LogP contribution in [0.25, 0.3) is 0 Å². The number of carboxylic acid groups (broad SMARTS) is 1. The topological polar surface area (TPSA) is 50.2 Å². The van der Waals surface area contributed by atoms with Crippen LogP contribution >= 0.6 is 15.9 Å². The third kappa shape index (κ3) is 1.72. The van der Waals surface area contributed by atoms with Crippen LogP contribution in [0.5, 0.6) is 0 Å². The Balaban J connectivity index is 2.36. The Labute approximate surface area is 83.9 Å². The van der Waals surface area contributed by atoms with Gasteiger partial charge in [-0.25, -0.2) is 9.78 Å². The van der Waals surface area contributed by atoms with Gasteiger partial charge in [-0.3, -0.25) is 0 Å². The van der Waals surface area contributed by atoms with Gasteiger partial charge in [0.2, 0.25) is 0 Å². The molecule has 1 aliphatic carbocycles. The Morgan fingerprint density at radius 1 is 1.54 bits per heavy atom. The molecule has 2 rings (SSSR count). The fourth-order valence-electron chi connectivity index (χ4n) is 1.26. The van der Waals surface area contributed by atoms with Gasteiger partial charge in [0.25, 0.3) is 0 Å². The van der Waals surface area contributed by atoms with Crippen molar-refractivity contribution in [2.45, 2.75) is 18.8 Å².